The molecule has 0 atom stereocenters. The highest BCUT2D eigenvalue weighted by atomic mass is 32.1. The fourth-order valence-electron chi connectivity index (χ4n) is 2.45. The standard InChI is InChI=1S/C21H25N3O3S/c1-3-5-14-22-19(25)15-10-12-16(13-11-15)23-21(28)24-20(26)17-8-6-7-9-18(17)27-4-2/h6-13H,3-5,14H2,1-2H3,(H,22,25)(H2,23,24,26,28). The van der Waals surface area contributed by atoms with Gasteiger partial charge in [0.05, 0.1) is 12.2 Å². The van der Waals surface area contributed by atoms with Crippen LogP contribution in [-0.2, 0) is 0 Å². The van der Waals surface area contributed by atoms with E-state index in [1.165, 1.54) is 0 Å². The third kappa shape index (κ3) is 6.35. The first-order valence-corrected chi connectivity index (χ1v) is 9.68. The van der Waals surface area contributed by atoms with Gasteiger partial charge >= 0.3 is 0 Å². The maximum absolute atomic E-state index is 12.4. The zero-order chi connectivity index (χ0) is 20.4. The van der Waals surface area contributed by atoms with Crippen LogP contribution in [0.15, 0.2) is 48.5 Å². The summed E-state index contributed by atoms with van der Waals surface area (Å²) >= 11 is 5.21. The fraction of sp³-hybridized carbons (Fsp3) is 0.286. The van der Waals surface area contributed by atoms with E-state index in [1.807, 2.05) is 6.92 Å². The number of thiocarbonyl (C=S) groups is 1. The first kappa shape index (κ1) is 21.4. The minimum Gasteiger partial charge on any atom is -0.493 e. The highest BCUT2D eigenvalue weighted by Gasteiger charge is 2.13. The third-order valence-corrected chi connectivity index (χ3v) is 4.08. The number of rotatable bonds is 8. The molecule has 28 heavy (non-hydrogen) atoms. The zero-order valence-corrected chi connectivity index (χ0v) is 16.9. The summed E-state index contributed by atoms with van der Waals surface area (Å²) in [6.45, 7) is 5.05. The van der Waals surface area contributed by atoms with Crippen LogP contribution in [0.2, 0.25) is 0 Å². The molecule has 0 heterocycles. The molecular weight excluding hydrogens is 374 g/mol. The average Bonchev–Trinajstić information content (AvgIpc) is 2.69. The molecule has 2 rings (SSSR count). The van der Waals surface area contributed by atoms with E-state index in [1.54, 1.807) is 48.5 Å². The number of benzene rings is 2. The van der Waals surface area contributed by atoms with Gasteiger partial charge < -0.3 is 15.4 Å². The van der Waals surface area contributed by atoms with Crippen LogP contribution in [0.1, 0.15) is 47.4 Å². The molecule has 0 saturated heterocycles. The lowest BCUT2D eigenvalue weighted by Gasteiger charge is -2.12. The van der Waals surface area contributed by atoms with Crippen molar-refractivity contribution in [1.82, 2.24) is 10.6 Å². The second-order valence-electron chi connectivity index (χ2n) is 6.02. The Labute approximate surface area is 170 Å². The fourth-order valence-corrected chi connectivity index (χ4v) is 2.66. The van der Waals surface area contributed by atoms with Crippen LogP contribution >= 0.6 is 12.2 Å². The summed E-state index contributed by atoms with van der Waals surface area (Å²) in [6, 6.07) is 13.9. The summed E-state index contributed by atoms with van der Waals surface area (Å²) in [7, 11) is 0. The van der Waals surface area contributed by atoms with Gasteiger partial charge in [0, 0.05) is 17.8 Å². The van der Waals surface area contributed by atoms with Crippen molar-refractivity contribution in [2.24, 2.45) is 0 Å². The quantitative estimate of drug-likeness (QED) is 0.465. The molecule has 0 aliphatic rings. The van der Waals surface area contributed by atoms with Gasteiger partial charge in [0.25, 0.3) is 11.8 Å². The molecule has 2 aromatic rings. The van der Waals surface area contributed by atoms with Gasteiger partial charge in [-0.2, -0.15) is 0 Å². The van der Waals surface area contributed by atoms with Gasteiger partial charge in [-0.25, -0.2) is 0 Å². The maximum atomic E-state index is 12.4. The van der Waals surface area contributed by atoms with Crippen LogP contribution in [0.5, 0.6) is 5.75 Å². The van der Waals surface area contributed by atoms with Crippen LogP contribution in [0.3, 0.4) is 0 Å². The summed E-state index contributed by atoms with van der Waals surface area (Å²) in [5.74, 6) is 0.0422. The number of hydrogen-bond donors (Lipinski definition) is 3. The molecule has 0 aromatic heterocycles. The molecule has 0 fully saturated rings. The minimum atomic E-state index is -0.353. The van der Waals surface area contributed by atoms with Crippen molar-refractivity contribution in [3.8, 4) is 5.75 Å². The highest BCUT2D eigenvalue weighted by molar-refractivity contribution is 7.80. The van der Waals surface area contributed by atoms with Crippen LogP contribution in [0.25, 0.3) is 0 Å². The summed E-state index contributed by atoms with van der Waals surface area (Å²) in [5.41, 5.74) is 1.66. The van der Waals surface area contributed by atoms with E-state index >= 15 is 0 Å². The van der Waals surface area contributed by atoms with E-state index in [0.29, 0.717) is 35.7 Å². The number of amides is 2. The number of para-hydroxylation sites is 1. The van der Waals surface area contributed by atoms with Crippen LogP contribution in [-0.4, -0.2) is 30.1 Å². The van der Waals surface area contributed by atoms with Gasteiger partial charge in [-0.05, 0) is 62.0 Å². The molecule has 0 bridgehead atoms. The lowest BCUT2D eigenvalue weighted by atomic mass is 10.2. The molecule has 7 heteroatoms. The summed E-state index contributed by atoms with van der Waals surface area (Å²) in [4.78, 5) is 24.5. The van der Waals surface area contributed by atoms with Gasteiger partial charge in [0.1, 0.15) is 5.75 Å². The largest absolute Gasteiger partial charge is 0.493 e. The molecule has 148 valence electrons. The Hall–Kier alpha value is -2.93. The van der Waals surface area contributed by atoms with Crippen molar-refractivity contribution >= 4 is 34.8 Å². The first-order chi connectivity index (χ1) is 13.5. The third-order valence-electron chi connectivity index (χ3n) is 3.88. The highest BCUT2D eigenvalue weighted by Crippen LogP contribution is 2.18. The predicted octanol–water partition coefficient (Wildman–Crippen LogP) is 3.74. The Morgan fingerprint density at radius 3 is 2.39 bits per heavy atom. The molecule has 0 aliphatic carbocycles. The second kappa shape index (κ2) is 11.0. The SMILES string of the molecule is CCCCNC(=O)c1ccc(NC(=S)NC(=O)c2ccccc2OCC)cc1. The van der Waals surface area contributed by atoms with Crippen LogP contribution in [0.4, 0.5) is 5.69 Å². The second-order valence-corrected chi connectivity index (χ2v) is 6.43. The van der Waals surface area contributed by atoms with Gasteiger partial charge in [0.15, 0.2) is 5.11 Å². The predicted molar refractivity (Wildman–Crippen MR) is 115 cm³/mol. The van der Waals surface area contributed by atoms with Gasteiger partial charge in [-0.3, -0.25) is 14.9 Å². The molecule has 0 radical (unpaired) electrons. The normalized spacial score (nSPS) is 10.1. The van der Waals surface area contributed by atoms with Crippen LogP contribution < -0.4 is 20.7 Å². The van der Waals surface area contributed by atoms with E-state index in [-0.39, 0.29) is 16.9 Å². The Morgan fingerprint density at radius 1 is 1.00 bits per heavy atom. The lowest BCUT2D eigenvalue weighted by molar-refractivity contribution is 0.0950. The minimum absolute atomic E-state index is 0.108. The molecule has 3 N–H and O–H groups in total. The molecular formula is C21H25N3O3S. The van der Waals surface area contributed by atoms with Crippen molar-refractivity contribution < 1.29 is 14.3 Å². The maximum Gasteiger partial charge on any atom is 0.261 e. The number of hydrogen-bond acceptors (Lipinski definition) is 4. The van der Waals surface area contributed by atoms with E-state index in [2.05, 4.69) is 22.9 Å². The van der Waals surface area contributed by atoms with E-state index in [4.69, 9.17) is 17.0 Å². The number of carbonyl (C=O) groups is 2. The van der Waals surface area contributed by atoms with Crippen molar-refractivity contribution in [3.63, 3.8) is 0 Å². The summed E-state index contributed by atoms with van der Waals surface area (Å²) in [5, 5.41) is 8.61. The summed E-state index contributed by atoms with van der Waals surface area (Å²) in [6.07, 6.45) is 1.98. The van der Waals surface area contributed by atoms with Gasteiger partial charge in [-0.15, -0.1) is 0 Å². The number of ether oxygens (including phenoxy) is 1. The van der Waals surface area contributed by atoms with E-state index < -0.39 is 0 Å². The zero-order valence-electron chi connectivity index (χ0n) is 16.1. The molecule has 0 spiro atoms. The van der Waals surface area contributed by atoms with Gasteiger partial charge in [0.2, 0.25) is 0 Å². The van der Waals surface area contributed by atoms with E-state index in [0.717, 1.165) is 12.8 Å². The number of anilines is 1. The molecule has 2 amide bonds. The molecule has 2 aromatic carbocycles. The van der Waals surface area contributed by atoms with E-state index in [9.17, 15) is 9.59 Å². The Kier molecular flexibility index (Phi) is 8.42. The number of carbonyl (C=O) groups excluding carboxylic acids is 2. The lowest BCUT2D eigenvalue weighted by Crippen LogP contribution is -2.34. The average molecular weight is 400 g/mol. The number of unbranched alkanes of at least 4 members (excludes halogenated alkanes) is 1. The summed E-state index contributed by atoms with van der Waals surface area (Å²) < 4.78 is 5.47. The number of nitrogens with one attached hydrogen (secondary N) is 3. The van der Waals surface area contributed by atoms with Crippen molar-refractivity contribution in [1.29, 1.82) is 0 Å². The monoisotopic (exact) mass is 399 g/mol. The molecule has 0 aliphatic heterocycles. The van der Waals surface area contributed by atoms with Crippen LogP contribution in [0, 0.1) is 0 Å². The Balaban J connectivity index is 1.92. The molecule has 6 nitrogen and oxygen atoms in total. The molecule has 0 unspecified atom stereocenters. The smallest absolute Gasteiger partial charge is 0.261 e. The van der Waals surface area contributed by atoms with Crippen molar-refractivity contribution in [2.45, 2.75) is 26.7 Å². The molecule has 0 saturated carbocycles. The Bertz CT molecular complexity index is 822. The van der Waals surface area contributed by atoms with Gasteiger partial charge in [-0.1, -0.05) is 25.5 Å². The Morgan fingerprint density at radius 2 is 1.71 bits per heavy atom. The van der Waals surface area contributed by atoms with Crippen molar-refractivity contribution in [3.05, 3.63) is 59.7 Å². The topological polar surface area (TPSA) is 79.5 Å². The first-order valence-electron chi connectivity index (χ1n) is 9.27. The van der Waals surface area contributed by atoms with Crippen molar-refractivity contribution in [2.75, 3.05) is 18.5 Å².